The Labute approximate surface area is 120 Å². The lowest BCUT2D eigenvalue weighted by Crippen LogP contribution is -2.43. The molecule has 108 valence electrons. The minimum absolute atomic E-state index is 0.245. The van der Waals surface area contributed by atoms with E-state index >= 15 is 0 Å². The number of carbonyl (C=O) groups excluding carboxylic acids is 1. The first-order valence-electron chi connectivity index (χ1n) is 7.46. The van der Waals surface area contributed by atoms with Crippen LogP contribution in [-0.4, -0.2) is 49.7 Å². The highest BCUT2D eigenvalue weighted by atomic mass is 16.5. The van der Waals surface area contributed by atoms with E-state index in [1.165, 1.54) is 5.56 Å². The normalized spacial score (nSPS) is 22.9. The van der Waals surface area contributed by atoms with E-state index in [1.54, 1.807) is 0 Å². The van der Waals surface area contributed by atoms with E-state index in [0.717, 1.165) is 44.9 Å². The summed E-state index contributed by atoms with van der Waals surface area (Å²) >= 11 is 0. The number of rotatable bonds is 3. The van der Waals surface area contributed by atoms with E-state index in [0.29, 0.717) is 6.42 Å². The average Bonchev–Trinajstić information content (AvgIpc) is 2.89. The van der Waals surface area contributed by atoms with Crippen molar-refractivity contribution >= 4 is 11.6 Å². The van der Waals surface area contributed by atoms with Gasteiger partial charge in [0, 0.05) is 38.3 Å². The summed E-state index contributed by atoms with van der Waals surface area (Å²) in [5.74, 6) is 0.245. The number of morpholine rings is 1. The summed E-state index contributed by atoms with van der Waals surface area (Å²) in [5, 5.41) is 0. The zero-order valence-corrected chi connectivity index (χ0v) is 12.0. The highest BCUT2D eigenvalue weighted by molar-refractivity contribution is 5.95. The first-order chi connectivity index (χ1) is 9.74. The highest BCUT2D eigenvalue weighted by Gasteiger charge is 2.25. The van der Waals surface area contributed by atoms with Gasteiger partial charge in [0.1, 0.15) is 0 Å². The van der Waals surface area contributed by atoms with Gasteiger partial charge in [0.25, 0.3) is 0 Å². The van der Waals surface area contributed by atoms with Crippen LogP contribution < -0.4 is 4.90 Å². The van der Waals surface area contributed by atoms with Crippen LogP contribution in [0.3, 0.4) is 0 Å². The molecule has 1 aromatic rings. The van der Waals surface area contributed by atoms with Crippen molar-refractivity contribution in [1.82, 2.24) is 4.90 Å². The first kappa shape index (κ1) is 13.6. The fourth-order valence-corrected chi connectivity index (χ4v) is 3.08. The molecule has 2 aliphatic heterocycles. The summed E-state index contributed by atoms with van der Waals surface area (Å²) in [5.41, 5.74) is 2.40. The van der Waals surface area contributed by atoms with Crippen LogP contribution in [0.4, 0.5) is 5.69 Å². The summed E-state index contributed by atoms with van der Waals surface area (Å²) in [6, 6.07) is 8.22. The molecule has 0 aliphatic carbocycles. The molecule has 2 aliphatic rings. The molecule has 1 amide bonds. The molecule has 4 heteroatoms. The number of fused-ring (bicyclic) bond motifs is 1. The molecule has 0 N–H and O–H groups in total. The van der Waals surface area contributed by atoms with E-state index in [2.05, 4.69) is 24.0 Å². The predicted molar refractivity (Wildman–Crippen MR) is 79.0 cm³/mol. The van der Waals surface area contributed by atoms with Gasteiger partial charge in [-0.25, -0.2) is 0 Å². The zero-order chi connectivity index (χ0) is 13.9. The topological polar surface area (TPSA) is 32.8 Å². The number of ether oxygens (including phenoxy) is 1. The molecule has 1 aromatic carbocycles. The van der Waals surface area contributed by atoms with Gasteiger partial charge in [-0.15, -0.1) is 0 Å². The van der Waals surface area contributed by atoms with Crippen LogP contribution in [0.15, 0.2) is 24.3 Å². The Morgan fingerprint density at radius 2 is 2.20 bits per heavy atom. The van der Waals surface area contributed by atoms with E-state index in [4.69, 9.17) is 4.74 Å². The number of amides is 1. The Kier molecular flexibility index (Phi) is 4.03. The van der Waals surface area contributed by atoms with Crippen LogP contribution in [0, 0.1) is 0 Å². The van der Waals surface area contributed by atoms with Crippen LogP contribution >= 0.6 is 0 Å². The van der Waals surface area contributed by atoms with Crippen LogP contribution in [0.5, 0.6) is 0 Å². The monoisotopic (exact) mass is 274 g/mol. The maximum absolute atomic E-state index is 12.4. The van der Waals surface area contributed by atoms with Crippen molar-refractivity contribution in [3.8, 4) is 0 Å². The Balaban J connectivity index is 1.55. The van der Waals surface area contributed by atoms with E-state index < -0.39 is 0 Å². The molecule has 0 spiro atoms. The van der Waals surface area contributed by atoms with Crippen molar-refractivity contribution in [2.24, 2.45) is 0 Å². The number of hydrogen-bond acceptors (Lipinski definition) is 3. The fraction of sp³-hybridized carbons (Fsp3) is 0.562. The fourth-order valence-electron chi connectivity index (χ4n) is 3.08. The van der Waals surface area contributed by atoms with Gasteiger partial charge in [0.2, 0.25) is 5.91 Å². The molecule has 1 saturated heterocycles. The van der Waals surface area contributed by atoms with Crippen LogP contribution in [0.1, 0.15) is 18.9 Å². The van der Waals surface area contributed by atoms with Crippen molar-refractivity contribution in [2.45, 2.75) is 25.9 Å². The van der Waals surface area contributed by atoms with Crippen LogP contribution in [-0.2, 0) is 16.0 Å². The summed E-state index contributed by atoms with van der Waals surface area (Å²) in [4.78, 5) is 16.7. The number of anilines is 1. The molecular weight excluding hydrogens is 252 g/mol. The Hall–Kier alpha value is -1.39. The maximum atomic E-state index is 12.4. The van der Waals surface area contributed by atoms with Gasteiger partial charge in [-0.3, -0.25) is 9.69 Å². The second kappa shape index (κ2) is 5.94. The van der Waals surface area contributed by atoms with Crippen LogP contribution in [0.2, 0.25) is 0 Å². The third kappa shape index (κ3) is 2.86. The molecule has 0 saturated carbocycles. The quantitative estimate of drug-likeness (QED) is 0.841. The largest absolute Gasteiger partial charge is 0.376 e. The van der Waals surface area contributed by atoms with Gasteiger partial charge in [0.05, 0.1) is 12.7 Å². The molecule has 1 atom stereocenters. The second-order valence-corrected chi connectivity index (χ2v) is 5.66. The van der Waals surface area contributed by atoms with Gasteiger partial charge >= 0.3 is 0 Å². The van der Waals surface area contributed by atoms with Crippen molar-refractivity contribution in [3.05, 3.63) is 29.8 Å². The van der Waals surface area contributed by atoms with Crippen molar-refractivity contribution < 1.29 is 9.53 Å². The second-order valence-electron chi connectivity index (χ2n) is 5.66. The molecule has 0 bridgehead atoms. The number of carbonyl (C=O) groups is 1. The number of nitrogens with zero attached hydrogens (tertiary/aromatic N) is 2. The first-order valence-corrected chi connectivity index (χ1v) is 7.46. The van der Waals surface area contributed by atoms with Crippen LogP contribution in [0.25, 0.3) is 0 Å². The average molecular weight is 274 g/mol. The highest BCUT2D eigenvalue weighted by Crippen LogP contribution is 2.27. The molecule has 2 heterocycles. The molecule has 1 fully saturated rings. The standard InChI is InChI=1S/C16H22N2O2/c1-13-12-17(10-11-20-13)8-7-16(19)18-9-6-14-4-2-3-5-15(14)18/h2-5,13H,6-12H2,1H3. The van der Waals surface area contributed by atoms with E-state index in [9.17, 15) is 4.79 Å². The Morgan fingerprint density at radius 3 is 3.05 bits per heavy atom. The van der Waals surface area contributed by atoms with E-state index in [1.807, 2.05) is 17.0 Å². The molecule has 4 nitrogen and oxygen atoms in total. The van der Waals surface area contributed by atoms with Crippen molar-refractivity contribution in [2.75, 3.05) is 37.7 Å². The lowest BCUT2D eigenvalue weighted by Gasteiger charge is -2.31. The molecule has 0 radical (unpaired) electrons. The Morgan fingerprint density at radius 1 is 1.35 bits per heavy atom. The molecule has 0 aromatic heterocycles. The zero-order valence-electron chi connectivity index (χ0n) is 12.0. The van der Waals surface area contributed by atoms with Gasteiger partial charge in [-0.1, -0.05) is 18.2 Å². The number of para-hydroxylation sites is 1. The summed E-state index contributed by atoms with van der Waals surface area (Å²) < 4.78 is 5.52. The van der Waals surface area contributed by atoms with Gasteiger partial charge in [-0.05, 0) is 25.0 Å². The predicted octanol–water partition coefficient (Wildman–Crippen LogP) is 1.69. The lowest BCUT2D eigenvalue weighted by atomic mass is 10.2. The smallest absolute Gasteiger partial charge is 0.228 e. The molecule has 3 rings (SSSR count). The van der Waals surface area contributed by atoms with Crippen molar-refractivity contribution in [3.63, 3.8) is 0 Å². The van der Waals surface area contributed by atoms with Gasteiger partial charge < -0.3 is 9.64 Å². The minimum atomic E-state index is 0.245. The maximum Gasteiger partial charge on any atom is 0.228 e. The number of hydrogen-bond donors (Lipinski definition) is 0. The third-order valence-electron chi connectivity index (χ3n) is 4.16. The Bertz CT molecular complexity index is 489. The summed E-state index contributed by atoms with van der Waals surface area (Å²) in [6.45, 7) is 6.41. The molecule has 20 heavy (non-hydrogen) atoms. The summed E-state index contributed by atoms with van der Waals surface area (Å²) in [7, 11) is 0. The summed E-state index contributed by atoms with van der Waals surface area (Å²) in [6.07, 6.45) is 1.86. The van der Waals surface area contributed by atoms with Gasteiger partial charge in [0.15, 0.2) is 0 Å². The third-order valence-corrected chi connectivity index (χ3v) is 4.16. The van der Waals surface area contributed by atoms with Crippen molar-refractivity contribution in [1.29, 1.82) is 0 Å². The molecule has 1 unspecified atom stereocenters. The SMILES string of the molecule is CC1CN(CCC(=O)N2CCc3ccccc32)CCO1. The number of benzene rings is 1. The van der Waals surface area contributed by atoms with E-state index in [-0.39, 0.29) is 12.0 Å². The lowest BCUT2D eigenvalue weighted by molar-refractivity contribution is -0.119. The van der Waals surface area contributed by atoms with Gasteiger partial charge in [-0.2, -0.15) is 0 Å². The molecular formula is C16H22N2O2. The minimum Gasteiger partial charge on any atom is -0.376 e.